The first kappa shape index (κ1) is 8.91. The van der Waals surface area contributed by atoms with Crippen molar-refractivity contribution in [2.45, 2.75) is 0 Å². The summed E-state index contributed by atoms with van der Waals surface area (Å²) in [7, 11) is 0. The predicted octanol–water partition coefficient (Wildman–Crippen LogP) is 2.00. The van der Waals surface area contributed by atoms with Gasteiger partial charge in [-0.2, -0.15) is 0 Å². The quantitative estimate of drug-likeness (QED) is 0.768. The molecule has 1 rings (SSSR count). The summed E-state index contributed by atoms with van der Waals surface area (Å²) in [5.41, 5.74) is 5.29. The van der Waals surface area contributed by atoms with Gasteiger partial charge in [0, 0.05) is 10.7 Å². The number of aromatic nitrogens is 1. The third-order valence-corrected chi connectivity index (χ3v) is 1.22. The van der Waals surface area contributed by atoms with Crippen LogP contribution >= 0.6 is 32.9 Å². The molecule has 2 N–H and O–H groups in total. The largest absolute Gasteiger partial charge is 0.384 e. The molecule has 0 fully saturated rings. The number of anilines is 1. The monoisotopic (exact) mass is 252 g/mol. The van der Waals surface area contributed by atoms with Crippen molar-refractivity contribution >= 4 is 38.7 Å². The Morgan fingerprint density at radius 2 is 2.11 bits per heavy atom. The van der Waals surface area contributed by atoms with Gasteiger partial charge < -0.3 is 5.73 Å². The van der Waals surface area contributed by atoms with Gasteiger partial charge in [-0.3, -0.25) is 0 Å². The first-order valence-electron chi connectivity index (χ1n) is 2.16. The van der Waals surface area contributed by atoms with Crippen LogP contribution < -0.4 is 5.73 Å². The number of nitrogen functional groups attached to an aromatic ring is 1. The van der Waals surface area contributed by atoms with Gasteiger partial charge in [0.2, 0.25) is 0 Å². The lowest BCUT2D eigenvalue weighted by Gasteiger charge is -1.88. The Labute approximate surface area is 72.4 Å². The molecule has 0 bridgehead atoms. The Bertz CT molecular complexity index is 152. The Kier molecular flexibility index (Phi) is 3.81. The van der Waals surface area contributed by atoms with Crippen LogP contribution in [0.2, 0.25) is 0 Å². The number of nitrogens with zero attached hydrogens (tertiary/aromatic N) is 1. The molecule has 1 aromatic rings. The maximum atomic E-state index is 5.29. The SMILES string of the molecule is Br.Nc1ccc(Br)cn1. The van der Waals surface area contributed by atoms with E-state index in [2.05, 4.69) is 20.9 Å². The molecule has 0 amide bonds. The molecule has 0 aliphatic rings. The molecular weight excluding hydrogens is 248 g/mol. The zero-order valence-electron chi connectivity index (χ0n) is 4.54. The first-order valence-corrected chi connectivity index (χ1v) is 2.95. The fourth-order valence-electron chi connectivity index (χ4n) is 0.387. The second-order valence-corrected chi connectivity index (χ2v) is 2.32. The normalized spacial score (nSPS) is 8.11. The predicted molar refractivity (Wildman–Crippen MR) is 46.7 cm³/mol. The van der Waals surface area contributed by atoms with Crippen molar-refractivity contribution in [3.63, 3.8) is 0 Å². The summed E-state index contributed by atoms with van der Waals surface area (Å²) in [5, 5.41) is 0. The number of hydrogen-bond acceptors (Lipinski definition) is 2. The maximum absolute atomic E-state index is 5.29. The van der Waals surface area contributed by atoms with Crippen molar-refractivity contribution in [1.82, 2.24) is 4.98 Å². The van der Waals surface area contributed by atoms with Crippen molar-refractivity contribution in [2.24, 2.45) is 0 Å². The number of halogens is 2. The number of hydrogen-bond donors (Lipinski definition) is 1. The number of rotatable bonds is 0. The Morgan fingerprint density at radius 1 is 1.44 bits per heavy atom. The fourth-order valence-corrected chi connectivity index (χ4v) is 0.622. The molecule has 0 radical (unpaired) electrons. The van der Waals surface area contributed by atoms with Crippen LogP contribution in [0.25, 0.3) is 0 Å². The molecule has 0 saturated heterocycles. The van der Waals surface area contributed by atoms with Crippen LogP contribution in [0.3, 0.4) is 0 Å². The molecular formula is C5H6Br2N2. The molecule has 0 aliphatic heterocycles. The van der Waals surface area contributed by atoms with E-state index >= 15 is 0 Å². The van der Waals surface area contributed by atoms with E-state index < -0.39 is 0 Å². The van der Waals surface area contributed by atoms with Crippen LogP contribution in [-0.4, -0.2) is 4.98 Å². The first-order chi connectivity index (χ1) is 3.79. The highest BCUT2D eigenvalue weighted by Gasteiger charge is 1.83. The highest BCUT2D eigenvalue weighted by atomic mass is 79.9. The summed E-state index contributed by atoms with van der Waals surface area (Å²) in [6.07, 6.45) is 1.66. The van der Waals surface area contributed by atoms with Crippen LogP contribution in [0, 0.1) is 0 Å². The Morgan fingerprint density at radius 3 is 2.44 bits per heavy atom. The molecule has 9 heavy (non-hydrogen) atoms. The van der Waals surface area contributed by atoms with Crippen LogP contribution in [0.4, 0.5) is 5.82 Å². The average Bonchev–Trinajstić information content (AvgIpc) is 1.77. The third kappa shape index (κ3) is 2.81. The molecule has 1 aromatic heterocycles. The van der Waals surface area contributed by atoms with Gasteiger partial charge >= 0.3 is 0 Å². The molecule has 4 heteroatoms. The van der Waals surface area contributed by atoms with Gasteiger partial charge in [0.15, 0.2) is 0 Å². The molecule has 0 aliphatic carbocycles. The molecule has 0 atom stereocenters. The van der Waals surface area contributed by atoms with Gasteiger partial charge in [-0.15, -0.1) is 17.0 Å². The van der Waals surface area contributed by atoms with E-state index in [4.69, 9.17) is 5.73 Å². The van der Waals surface area contributed by atoms with Crippen molar-refractivity contribution in [3.8, 4) is 0 Å². The minimum Gasteiger partial charge on any atom is -0.384 e. The highest BCUT2D eigenvalue weighted by molar-refractivity contribution is 9.10. The summed E-state index contributed by atoms with van der Waals surface area (Å²) < 4.78 is 0.951. The van der Waals surface area contributed by atoms with Gasteiger partial charge in [0.25, 0.3) is 0 Å². The van der Waals surface area contributed by atoms with E-state index in [0.29, 0.717) is 5.82 Å². The van der Waals surface area contributed by atoms with Gasteiger partial charge in [0.05, 0.1) is 0 Å². The summed E-state index contributed by atoms with van der Waals surface area (Å²) in [6.45, 7) is 0. The van der Waals surface area contributed by atoms with Crippen LogP contribution in [-0.2, 0) is 0 Å². The minimum atomic E-state index is 0. The second kappa shape index (κ2) is 3.85. The van der Waals surface area contributed by atoms with Gasteiger partial charge in [0.1, 0.15) is 5.82 Å². The van der Waals surface area contributed by atoms with Crippen molar-refractivity contribution in [2.75, 3.05) is 5.73 Å². The summed E-state index contributed by atoms with van der Waals surface area (Å²) in [4.78, 5) is 3.81. The Balaban J connectivity index is 0.000000640. The van der Waals surface area contributed by atoms with E-state index in [1.165, 1.54) is 0 Å². The average molecular weight is 254 g/mol. The number of nitrogens with two attached hydrogens (primary N) is 1. The standard InChI is InChI=1S/C5H5BrN2.BrH/c6-4-1-2-5(7)8-3-4;/h1-3H,(H2,7,8);1H. The molecule has 0 spiro atoms. The molecule has 1 heterocycles. The zero-order chi connectivity index (χ0) is 5.98. The van der Waals surface area contributed by atoms with E-state index in [1.807, 2.05) is 6.07 Å². The topological polar surface area (TPSA) is 38.9 Å². The van der Waals surface area contributed by atoms with E-state index in [1.54, 1.807) is 12.3 Å². The number of pyridine rings is 1. The third-order valence-electron chi connectivity index (χ3n) is 0.750. The van der Waals surface area contributed by atoms with Crippen LogP contribution in [0.5, 0.6) is 0 Å². The maximum Gasteiger partial charge on any atom is 0.123 e. The van der Waals surface area contributed by atoms with E-state index in [9.17, 15) is 0 Å². The van der Waals surface area contributed by atoms with Gasteiger partial charge in [-0.05, 0) is 28.1 Å². The molecule has 0 unspecified atom stereocenters. The van der Waals surface area contributed by atoms with E-state index in [0.717, 1.165) is 4.47 Å². The second-order valence-electron chi connectivity index (χ2n) is 1.40. The van der Waals surface area contributed by atoms with Crippen LogP contribution in [0.1, 0.15) is 0 Å². The molecule has 0 saturated carbocycles. The molecule has 2 nitrogen and oxygen atoms in total. The van der Waals surface area contributed by atoms with Crippen LogP contribution in [0.15, 0.2) is 22.8 Å². The van der Waals surface area contributed by atoms with E-state index in [-0.39, 0.29) is 17.0 Å². The highest BCUT2D eigenvalue weighted by Crippen LogP contribution is 2.07. The summed E-state index contributed by atoms with van der Waals surface area (Å²) in [6, 6.07) is 3.59. The van der Waals surface area contributed by atoms with Crippen molar-refractivity contribution < 1.29 is 0 Å². The molecule has 0 aromatic carbocycles. The molecule has 50 valence electrons. The lowest BCUT2D eigenvalue weighted by Crippen LogP contribution is -1.86. The van der Waals surface area contributed by atoms with Crippen molar-refractivity contribution in [3.05, 3.63) is 22.8 Å². The van der Waals surface area contributed by atoms with Gasteiger partial charge in [-0.25, -0.2) is 4.98 Å². The lowest BCUT2D eigenvalue weighted by atomic mass is 10.5. The lowest BCUT2D eigenvalue weighted by molar-refractivity contribution is 1.32. The zero-order valence-corrected chi connectivity index (χ0v) is 7.84. The minimum absolute atomic E-state index is 0. The smallest absolute Gasteiger partial charge is 0.123 e. The van der Waals surface area contributed by atoms with Crippen molar-refractivity contribution in [1.29, 1.82) is 0 Å². The summed E-state index contributed by atoms with van der Waals surface area (Å²) in [5.74, 6) is 0.549. The fraction of sp³-hybridized carbons (Fsp3) is 0. The van der Waals surface area contributed by atoms with Gasteiger partial charge in [-0.1, -0.05) is 0 Å². The summed E-state index contributed by atoms with van der Waals surface area (Å²) >= 11 is 3.23. The Hall–Kier alpha value is -0.0900.